The molecule has 0 saturated carbocycles. The normalized spacial score (nSPS) is 12.4. The molecule has 0 aromatic heterocycles. The molecule has 2 nitrogen and oxygen atoms in total. The van der Waals surface area contributed by atoms with Crippen LogP contribution in [-0.4, -0.2) is 5.54 Å². The summed E-state index contributed by atoms with van der Waals surface area (Å²) in [5.41, 5.74) is 2.09. The summed E-state index contributed by atoms with van der Waals surface area (Å²) >= 11 is 6.18. The zero-order valence-corrected chi connectivity index (χ0v) is 19.2. The van der Waals surface area contributed by atoms with Crippen LogP contribution in [0, 0.1) is 11.2 Å². The average Bonchev–Trinajstić information content (AvgIpc) is 2.64. The Morgan fingerprint density at radius 2 is 1.70 bits per heavy atom. The third-order valence-corrected chi connectivity index (χ3v) is 5.46. The number of ether oxygens (including phenoxy) is 1. The van der Waals surface area contributed by atoms with Crippen LogP contribution in [0.15, 0.2) is 54.6 Å². The molecule has 30 heavy (non-hydrogen) atoms. The van der Waals surface area contributed by atoms with Gasteiger partial charge in [0.2, 0.25) is 0 Å². The minimum Gasteiger partial charge on any atom is -0.488 e. The van der Waals surface area contributed by atoms with E-state index < -0.39 is 0 Å². The number of halogens is 2. The average molecular weight is 428 g/mol. The van der Waals surface area contributed by atoms with Crippen molar-refractivity contribution in [1.82, 2.24) is 5.32 Å². The number of fused-ring (bicyclic) bond motifs is 1. The lowest BCUT2D eigenvalue weighted by atomic mass is 9.81. The van der Waals surface area contributed by atoms with Gasteiger partial charge in [-0.2, -0.15) is 0 Å². The summed E-state index contributed by atoms with van der Waals surface area (Å²) in [6.45, 7) is 12.2. The van der Waals surface area contributed by atoms with E-state index in [2.05, 4.69) is 58.1 Å². The summed E-state index contributed by atoms with van der Waals surface area (Å²) < 4.78 is 19.5. The van der Waals surface area contributed by atoms with Crippen LogP contribution in [0.5, 0.6) is 5.75 Å². The molecule has 0 aliphatic carbocycles. The first kappa shape index (κ1) is 22.6. The van der Waals surface area contributed by atoms with Gasteiger partial charge in [0.25, 0.3) is 0 Å². The standard InChI is InChI=1S/C26H31ClFNO/c1-25(2,3)17-26(4,5)29-15-22-21-9-7-6-8-18(21)11-13-24(22)30-16-19-10-12-20(28)14-23(19)27/h6-14,29H,15-17H2,1-5H3. The highest BCUT2D eigenvalue weighted by molar-refractivity contribution is 6.31. The smallest absolute Gasteiger partial charge is 0.124 e. The molecule has 0 bridgehead atoms. The Morgan fingerprint density at radius 3 is 2.40 bits per heavy atom. The second kappa shape index (κ2) is 8.95. The minimum atomic E-state index is -0.347. The van der Waals surface area contributed by atoms with E-state index in [1.165, 1.54) is 22.9 Å². The van der Waals surface area contributed by atoms with E-state index in [1.54, 1.807) is 6.07 Å². The number of rotatable bonds is 7. The summed E-state index contributed by atoms with van der Waals surface area (Å²) in [4.78, 5) is 0. The molecule has 0 fully saturated rings. The largest absolute Gasteiger partial charge is 0.488 e. The molecular formula is C26H31ClFNO. The van der Waals surface area contributed by atoms with Gasteiger partial charge in [-0.3, -0.25) is 0 Å². The van der Waals surface area contributed by atoms with Crippen LogP contribution >= 0.6 is 11.6 Å². The molecule has 0 saturated heterocycles. The van der Waals surface area contributed by atoms with Gasteiger partial charge in [-0.15, -0.1) is 0 Å². The number of nitrogens with one attached hydrogen (secondary N) is 1. The molecule has 3 aromatic rings. The minimum absolute atomic E-state index is 0.0211. The van der Waals surface area contributed by atoms with E-state index in [0.717, 1.165) is 23.3 Å². The summed E-state index contributed by atoms with van der Waals surface area (Å²) in [7, 11) is 0. The fourth-order valence-electron chi connectivity index (χ4n) is 4.14. The predicted octanol–water partition coefficient (Wildman–Crippen LogP) is 7.52. The van der Waals surface area contributed by atoms with Gasteiger partial charge in [-0.1, -0.05) is 68.8 Å². The van der Waals surface area contributed by atoms with Gasteiger partial charge in [0.05, 0.1) is 5.02 Å². The van der Waals surface area contributed by atoms with Crippen molar-refractivity contribution in [2.75, 3.05) is 0 Å². The van der Waals surface area contributed by atoms with Gasteiger partial charge >= 0.3 is 0 Å². The van der Waals surface area contributed by atoms with Gasteiger partial charge in [0.1, 0.15) is 18.2 Å². The highest BCUT2D eigenvalue weighted by Crippen LogP contribution is 2.32. The van der Waals surface area contributed by atoms with E-state index in [-0.39, 0.29) is 23.4 Å². The van der Waals surface area contributed by atoms with Crippen LogP contribution < -0.4 is 10.1 Å². The van der Waals surface area contributed by atoms with E-state index in [4.69, 9.17) is 16.3 Å². The van der Waals surface area contributed by atoms with Crippen LogP contribution in [0.25, 0.3) is 10.8 Å². The zero-order chi connectivity index (χ0) is 21.9. The summed E-state index contributed by atoms with van der Waals surface area (Å²) in [5.74, 6) is 0.466. The fraction of sp³-hybridized carbons (Fsp3) is 0.385. The van der Waals surface area contributed by atoms with Gasteiger partial charge in [0, 0.05) is 23.2 Å². The van der Waals surface area contributed by atoms with Gasteiger partial charge in [-0.05, 0) is 54.7 Å². The molecule has 0 unspecified atom stereocenters. The molecule has 0 aliphatic rings. The van der Waals surface area contributed by atoms with Crippen LogP contribution in [0.4, 0.5) is 4.39 Å². The molecule has 4 heteroatoms. The third-order valence-electron chi connectivity index (χ3n) is 5.11. The van der Waals surface area contributed by atoms with Crippen molar-refractivity contribution in [3.05, 3.63) is 76.6 Å². The molecule has 0 radical (unpaired) electrons. The van der Waals surface area contributed by atoms with Gasteiger partial charge in [-0.25, -0.2) is 4.39 Å². The molecule has 3 rings (SSSR count). The Morgan fingerprint density at radius 1 is 0.967 bits per heavy atom. The molecular weight excluding hydrogens is 397 g/mol. The van der Waals surface area contributed by atoms with Crippen molar-refractivity contribution >= 4 is 22.4 Å². The first-order chi connectivity index (χ1) is 14.0. The Kier molecular flexibility index (Phi) is 6.74. The topological polar surface area (TPSA) is 21.3 Å². The summed E-state index contributed by atoms with van der Waals surface area (Å²) in [5, 5.41) is 6.44. The summed E-state index contributed by atoms with van der Waals surface area (Å²) in [6, 6.07) is 16.8. The van der Waals surface area contributed by atoms with E-state index in [1.807, 2.05) is 18.2 Å². The maximum Gasteiger partial charge on any atom is 0.124 e. The first-order valence-electron chi connectivity index (χ1n) is 10.4. The van der Waals surface area contributed by atoms with E-state index >= 15 is 0 Å². The van der Waals surface area contributed by atoms with E-state index in [9.17, 15) is 4.39 Å². The van der Waals surface area contributed by atoms with Gasteiger partial charge < -0.3 is 10.1 Å². The quantitative estimate of drug-likeness (QED) is 0.421. The van der Waals surface area contributed by atoms with Crippen molar-refractivity contribution < 1.29 is 9.13 Å². The second-order valence-electron chi connectivity index (χ2n) is 9.76. The highest BCUT2D eigenvalue weighted by Gasteiger charge is 2.25. The molecule has 1 N–H and O–H groups in total. The molecule has 3 aromatic carbocycles. The predicted molar refractivity (Wildman–Crippen MR) is 125 cm³/mol. The number of hydrogen-bond acceptors (Lipinski definition) is 2. The highest BCUT2D eigenvalue weighted by atomic mass is 35.5. The maximum atomic E-state index is 13.3. The maximum absolute atomic E-state index is 13.3. The molecule has 160 valence electrons. The Hall–Kier alpha value is -2.10. The number of benzene rings is 3. The first-order valence-corrected chi connectivity index (χ1v) is 10.7. The Labute approximate surface area is 184 Å². The zero-order valence-electron chi connectivity index (χ0n) is 18.5. The lowest BCUT2D eigenvalue weighted by Gasteiger charge is -2.34. The second-order valence-corrected chi connectivity index (χ2v) is 10.2. The molecule has 0 amide bonds. The molecule has 0 aliphatic heterocycles. The molecule has 0 heterocycles. The summed E-state index contributed by atoms with van der Waals surface area (Å²) in [6.07, 6.45) is 1.05. The van der Waals surface area contributed by atoms with Crippen molar-refractivity contribution in [2.45, 2.75) is 59.7 Å². The van der Waals surface area contributed by atoms with Crippen LogP contribution in [0.3, 0.4) is 0 Å². The van der Waals surface area contributed by atoms with Crippen molar-refractivity contribution in [3.8, 4) is 5.75 Å². The van der Waals surface area contributed by atoms with Crippen LogP contribution in [0.1, 0.15) is 52.2 Å². The Balaban J connectivity index is 1.87. The monoisotopic (exact) mass is 427 g/mol. The molecule has 0 spiro atoms. The van der Waals surface area contributed by atoms with Crippen molar-refractivity contribution in [3.63, 3.8) is 0 Å². The Bertz CT molecular complexity index is 1020. The lowest BCUT2D eigenvalue weighted by molar-refractivity contribution is 0.239. The SMILES string of the molecule is CC(C)(C)CC(C)(C)NCc1c(OCc2ccc(F)cc2Cl)ccc2ccccc12. The van der Waals surface area contributed by atoms with Crippen molar-refractivity contribution in [1.29, 1.82) is 0 Å². The third kappa shape index (κ3) is 5.96. The number of hydrogen-bond donors (Lipinski definition) is 1. The fourth-order valence-corrected chi connectivity index (χ4v) is 4.37. The van der Waals surface area contributed by atoms with Crippen LogP contribution in [0.2, 0.25) is 5.02 Å². The van der Waals surface area contributed by atoms with Gasteiger partial charge in [0.15, 0.2) is 0 Å². The van der Waals surface area contributed by atoms with E-state index in [0.29, 0.717) is 11.6 Å². The molecule has 0 atom stereocenters. The van der Waals surface area contributed by atoms with Crippen molar-refractivity contribution in [2.24, 2.45) is 5.41 Å². The lowest BCUT2D eigenvalue weighted by Crippen LogP contribution is -2.41. The van der Waals surface area contributed by atoms with Crippen LogP contribution in [-0.2, 0) is 13.2 Å².